The number of likely N-dealkylation sites (tertiary alicyclic amines) is 1. The summed E-state index contributed by atoms with van der Waals surface area (Å²) in [4.78, 5) is 13.6. The molecule has 0 aliphatic carbocycles. The molecule has 1 amide bonds. The van der Waals surface area contributed by atoms with E-state index in [2.05, 4.69) is 10.2 Å². The van der Waals surface area contributed by atoms with Crippen LogP contribution in [-0.2, 0) is 4.79 Å². The van der Waals surface area contributed by atoms with Gasteiger partial charge in [-0.25, -0.2) is 0 Å². The van der Waals surface area contributed by atoms with E-state index in [9.17, 15) is 4.79 Å². The third kappa shape index (κ3) is 3.32. The second kappa shape index (κ2) is 6.00. The number of carbonyl (C=O) groups excluding carboxylic acids is 1. The molecule has 2 rings (SSSR count). The predicted molar refractivity (Wildman–Crippen MR) is 67.6 cm³/mol. The number of rotatable bonds is 3. The Bertz CT molecular complexity index is 400. The van der Waals surface area contributed by atoms with Gasteiger partial charge < -0.3 is 9.64 Å². The lowest BCUT2D eigenvalue weighted by atomic mass is 10.1. The minimum atomic E-state index is -0.486. The molecule has 1 aromatic rings. The molecule has 1 saturated heterocycles. The van der Waals surface area contributed by atoms with Gasteiger partial charge in [-0.2, -0.15) is 5.10 Å². The summed E-state index contributed by atoms with van der Waals surface area (Å²) >= 11 is 5.82. The molecule has 1 aromatic heterocycles. The molecular weight excluding hydrogens is 254 g/mol. The van der Waals surface area contributed by atoms with Crippen molar-refractivity contribution in [3.63, 3.8) is 0 Å². The summed E-state index contributed by atoms with van der Waals surface area (Å²) in [5.41, 5.74) is 0. The molecule has 0 aromatic carbocycles. The van der Waals surface area contributed by atoms with Crippen molar-refractivity contribution < 1.29 is 9.53 Å². The molecule has 1 aliphatic heterocycles. The van der Waals surface area contributed by atoms with Gasteiger partial charge in [0.15, 0.2) is 0 Å². The van der Waals surface area contributed by atoms with Gasteiger partial charge >= 0.3 is 0 Å². The van der Waals surface area contributed by atoms with Crippen LogP contribution in [0.15, 0.2) is 18.3 Å². The lowest BCUT2D eigenvalue weighted by Crippen LogP contribution is -2.46. The maximum atomic E-state index is 11.8. The van der Waals surface area contributed by atoms with Gasteiger partial charge in [0.1, 0.15) is 11.5 Å². The van der Waals surface area contributed by atoms with Crippen LogP contribution >= 0.6 is 11.6 Å². The topological polar surface area (TPSA) is 55.3 Å². The SMILES string of the molecule is CC(Cl)C(=O)N1CCCC(Oc2cccnn2)C1. The van der Waals surface area contributed by atoms with Crippen LogP contribution in [0.3, 0.4) is 0 Å². The highest BCUT2D eigenvalue weighted by Crippen LogP contribution is 2.17. The van der Waals surface area contributed by atoms with Gasteiger partial charge in [0.25, 0.3) is 0 Å². The van der Waals surface area contributed by atoms with Crippen LogP contribution in [0.5, 0.6) is 5.88 Å². The molecule has 1 aliphatic rings. The van der Waals surface area contributed by atoms with E-state index < -0.39 is 5.38 Å². The Balaban J connectivity index is 1.93. The van der Waals surface area contributed by atoms with Crippen molar-refractivity contribution in [1.29, 1.82) is 0 Å². The summed E-state index contributed by atoms with van der Waals surface area (Å²) < 4.78 is 5.70. The maximum Gasteiger partial charge on any atom is 0.240 e. The Kier molecular flexibility index (Phi) is 4.36. The largest absolute Gasteiger partial charge is 0.471 e. The van der Waals surface area contributed by atoms with Crippen molar-refractivity contribution >= 4 is 17.5 Å². The van der Waals surface area contributed by atoms with Crippen LogP contribution in [0.1, 0.15) is 19.8 Å². The molecule has 0 bridgehead atoms. The molecular formula is C12H16ClN3O2. The molecule has 98 valence electrons. The number of alkyl halides is 1. The smallest absolute Gasteiger partial charge is 0.240 e. The van der Waals surface area contributed by atoms with Crippen molar-refractivity contribution in [2.75, 3.05) is 13.1 Å². The van der Waals surface area contributed by atoms with Crippen molar-refractivity contribution in [3.05, 3.63) is 18.3 Å². The number of hydrogen-bond donors (Lipinski definition) is 0. The summed E-state index contributed by atoms with van der Waals surface area (Å²) in [6.07, 6.45) is 3.39. The zero-order valence-electron chi connectivity index (χ0n) is 10.3. The monoisotopic (exact) mass is 269 g/mol. The molecule has 18 heavy (non-hydrogen) atoms. The van der Waals surface area contributed by atoms with E-state index in [0.717, 1.165) is 19.4 Å². The Morgan fingerprint density at radius 3 is 3.17 bits per heavy atom. The molecule has 1 fully saturated rings. The number of carbonyl (C=O) groups is 1. The van der Waals surface area contributed by atoms with E-state index in [1.54, 1.807) is 30.2 Å². The fraction of sp³-hybridized carbons (Fsp3) is 0.583. The fourth-order valence-corrected chi connectivity index (χ4v) is 2.15. The second-order valence-electron chi connectivity index (χ2n) is 4.34. The van der Waals surface area contributed by atoms with Gasteiger partial charge in [-0.1, -0.05) is 0 Å². The lowest BCUT2D eigenvalue weighted by Gasteiger charge is -2.33. The Hall–Kier alpha value is -1.36. The summed E-state index contributed by atoms with van der Waals surface area (Å²) in [7, 11) is 0. The minimum absolute atomic E-state index is 0.0326. The van der Waals surface area contributed by atoms with Crippen LogP contribution in [-0.4, -0.2) is 45.6 Å². The van der Waals surface area contributed by atoms with Crippen LogP contribution in [0.4, 0.5) is 0 Å². The molecule has 0 spiro atoms. The van der Waals surface area contributed by atoms with Crippen LogP contribution in [0.2, 0.25) is 0 Å². The molecule has 2 atom stereocenters. The number of piperidine rings is 1. The summed E-state index contributed by atoms with van der Waals surface area (Å²) in [5, 5.41) is 7.15. The standard InChI is InChI=1S/C12H16ClN3O2/c1-9(13)12(17)16-7-3-4-10(8-16)18-11-5-2-6-14-15-11/h2,5-6,9-10H,3-4,7-8H2,1H3. The van der Waals surface area contributed by atoms with Gasteiger partial charge in [0.2, 0.25) is 11.8 Å². The first-order valence-corrected chi connectivity index (χ1v) is 6.47. The van der Waals surface area contributed by atoms with E-state index in [4.69, 9.17) is 16.3 Å². The van der Waals surface area contributed by atoms with E-state index in [1.807, 2.05) is 0 Å². The maximum absolute atomic E-state index is 11.8. The van der Waals surface area contributed by atoms with Crippen molar-refractivity contribution in [1.82, 2.24) is 15.1 Å². The Morgan fingerprint density at radius 2 is 2.50 bits per heavy atom. The van der Waals surface area contributed by atoms with E-state index >= 15 is 0 Å². The molecule has 2 heterocycles. The molecule has 2 unspecified atom stereocenters. The van der Waals surface area contributed by atoms with Gasteiger partial charge in [0.05, 0.1) is 6.54 Å². The number of amides is 1. The summed E-state index contributed by atoms with van der Waals surface area (Å²) in [5.74, 6) is 0.458. The highest BCUT2D eigenvalue weighted by atomic mass is 35.5. The minimum Gasteiger partial charge on any atom is -0.471 e. The van der Waals surface area contributed by atoms with Crippen LogP contribution in [0.25, 0.3) is 0 Å². The van der Waals surface area contributed by atoms with Gasteiger partial charge in [-0.05, 0) is 25.8 Å². The van der Waals surface area contributed by atoms with Gasteiger partial charge in [-0.15, -0.1) is 16.7 Å². The molecule has 0 radical (unpaired) electrons. The van der Waals surface area contributed by atoms with E-state index in [-0.39, 0.29) is 12.0 Å². The quantitative estimate of drug-likeness (QED) is 0.780. The first kappa shape index (κ1) is 13.1. The summed E-state index contributed by atoms with van der Waals surface area (Å²) in [6.45, 7) is 3.00. The number of aromatic nitrogens is 2. The number of ether oxygens (including phenoxy) is 1. The van der Waals surface area contributed by atoms with E-state index in [1.165, 1.54) is 0 Å². The van der Waals surface area contributed by atoms with Crippen molar-refractivity contribution in [2.45, 2.75) is 31.2 Å². The Morgan fingerprint density at radius 1 is 1.67 bits per heavy atom. The third-order valence-electron chi connectivity index (χ3n) is 2.87. The second-order valence-corrected chi connectivity index (χ2v) is 5.00. The van der Waals surface area contributed by atoms with E-state index in [0.29, 0.717) is 12.4 Å². The van der Waals surface area contributed by atoms with Crippen molar-refractivity contribution in [3.8, 4) is 5.88 Å². The lowest BCUT2D eigenvalue weighted by molar-refractivity contribution is -0.133. The molecule has 5 nitrogen and oxygen atoms in total. The highest BCUT2D eigenvalue weighted by Gasteiger charge is 2.27. The molecule has 0 N–H and O–H groups in total. The molecule has 6 heteroatoms. The van der Waals surface area contributed by atoms with Gasteiger partial charge in [0, 0.05) is 18.8 Å². The zero-order valence-corrected chi connectivity index (χ0v) is 11.0. The summed E-state index contributed by atoms with van der Waals surface area (Å²) in [6, 6.07) is 3.53. The number of hydrogen-bond acceptors (Lipinski definition) is 4. The first-order valence-electron chi connectivity index (χ1n) is 6.04. The first-order chi connectivity index (χ1) is 8.66. The van der Waals surface area contributed by atoms with Crippen LogP contribution in [0, 0.1) is 0 Å². The van der Waals surface area contributed by atoms with Crippen molar-refractivity contribution in [2.24, 2.45) is 0 Å². The highest BCUT2D eigenvalue weighted by molar-refractivity contribution is 6.30. The normalized spacial score (nSPS) is 21.4. The Labute approximate surface area is 111 Å². The third-order valence-corrected chi connectivity index (χ3v) is 3.05. The molecule has 0 saturated carbocycles. The number of nitrogens with zero attached hydrogens (tertiary/aromatic N) is 3. The van der Waals surface area contributed by atoms with Crippen LogP contribution < -0.4 is 4.74 Å². The zero-order chi connectivity index (χ0) is 13.0. The predicted octanol–water partition coefficient (Wildman–Crippen LogP) is 1.47. The fourth-order valence-electron chi connectivity index (χ4n) is 2.01. The van der Waals surface area contributed by atoms with Gasteiger partial charge in [-0.3, -0.25) is 4.79 Å². The average molecular weight is 270 g/mol. The number of halogens is 1. The average Bonchev–Trinajstić information content (AvgIpc) is 2.39.